The van der Waals surface area contributed by atoms with Crippen LogP contribution in [-0.4, -0.2) is 27.8 Å². The van der Waals surface area contributed by atoms with Crippen LogP contribution >= 0.6 is 0 Å². The zero-order valence-corrected chi connectivity index (χ0v) is 8.84. The first-order valence-corrected chi connectivity index (χ1v) is 5.96. The van der Waals surface area contributed by atoms with E-state index in [-0.39, 0.29) is 12.3 Å². The molecule has 0 amide bonds. The van der Waals surface area contributed by atoms with E-state index in [2.05, 4.69) is 5.32 Å². The van der Waals surface area contributed by atoms with E-state index in [9.17, 15) is 8.42 Å². The van der Waals surface area contributed by atoms with Crippen molar-refractivity contribution in [3.8, 4) is 0 Å². The highest BCUT2D eigenvalue weighted by atomic mass is 32.2. The number of anilines is 1. The van der Waals surface area contributed by atoms with E-state index in [1.54, 1.807) is 31.3 Å². The molecular formula is C9H14N2O2S. The number of rotatable bonds is 4. The van der Waals surface area contributed by atoms with Crippen LogP contribution in [0.3, 0.4) is 0 Å². The number of benzene rings is 1. The van der Waals surface area contributed by atoms with Crippen LogP contribution in [0.1, 0.15) is 0 Å². The summed E-state index contributed by atoms with van der Waals surface area (Å²) in [7, 11) is -1.41. The average molecular weight is 214 g/mol. The highest BCUT2D eigenvalue weighted by molar-refractivity contribution is 7.91. The Morgan fingerprint density at radius 2 is 1.86 bits per heavy atom. The molecule has 0 aliphatic heterocycles. The smallest absolute Gasteiger partial charge is 0.179 e. The molecule has 0 aliphatic carbocycles. The van der Waals surface area contributed by atoms with Crippen LogP contribution in [0.2, 0.25) is 0 Å². The second-order valence-corrected chi connectivity index (χ2v) is 4.99. The van der Waals surface area contributed by atoms with Gasteiger partial charge in [0.15, 0.2) is 9.84 Å². The summed E-state index contributed by atoms with van der Waals surface area (Å²) in [4.78, 5) is 0.321. The fourth-order valence-corrected chi connectivity index (χ4v) is 2.20. The van der Waals surface area contributed by atoms with Crippen LogP contribution in [0.25, 0.3) is 0 Å². The van der Waals surface area contributed by atoms with Crippen LogP contribution in [0, 0.1) is 0 Å². The van der Waals surface area contributed by atoms with Gasteiger partial charge in [-0.15, -0.1) is 0 Å². The van der Waals surface area contributed by atoms with Gasteiger partial charge in [0.05, 0.1) is 10.6 Å². The molecule has 14 heavy (non-hydrogen) atoms. The molecule has 0 saturated carbocycles. The van der Waals surface area contributed by atoms with Gasteiger partial charge in [0.1, 0.15) is 0 Å². The van der Waals surface area contributed by atoms with Crippen molar-refractivity contribution in [1.29, 1.82) is 0 Å². The molecule has 0 aliphatic rings. The number of hydrogen-bond donors (Lipinski definition) is 2. The van der Waals surface area contributed by atoms with Crippen molar-refractivity contribution in [3.05, 3.63) is 24.3 Å². The summed E-state index contributed by atoms with van der Waals surface area (Å²) >= 11 is 0. The van der Waals surface area contributed by atoms with Gasteiger partial charge in [0.25, 0.3) is 0 Å². The van der Waals surface area contributed by atoms with Crippen molar-refractivity contribution >= 4 is 15.5 Å². The molecule has 1 rings (SSSR count). The third kappa shape index (κ3) is 2.46. The lowest BCUT2D eigenvalue weighted by Crippen LogP contribution is -2.15. The Bertz CT molecular complexity index is 384. The normalized spacial score (nSPS) is 11.3. The molecule has 4 nitrogen and oxygen atoms in total. The van der Waals surface area contributed by atoms with Crippen molar-refractivity contribution in [3.63, 3.8) is 0 Å². The topological polar surface area (TPSA) is 72.2 Å². The molecule has 0 heterocycles. The molecule has 0 unspecified atom stereocenters. The SMILES string of the molecule is CNc1ccc(S(=O)(=O)CCN)cc1. The van der Waals surface area contributed by atoms with Gasteiger partial charge in [-0.2, -0.15) is 0 Å². The maximum atomic E-state index is 11.5. The van der Waals surface area contributed by atoms with Crippen LogP contribution in [0.5, 0.6) is 0 Å². The van der Waals surface area contributed by atoms with E-state index in [0.29, 0.717) is 4.90 Å². The third-order valence-corrected chi connectivity index (χ3v) is 3.65. The number of hydrogen-bond acceptors (Lipinski definition) is 4. The lowest BCUT2D eigenvalue weighted by molar-refractivity contribution is 0.596. The lowest BCUT2D eigenvalue weighted by Gasteiger charge is -2.04. The molecule has 0 spiro atoms. The van der Waals surface area contributed by atoms with Crippen LogP contribution in [0.4, 0.5) is 5.69 Å². The van der Waals surface area contributed by atoms with Gasteiger partial charge in [-0.25, -0.2) is 8.42 Å². The van der Waals surface area contributed by atoms with E-state index in [1.807, 2.05) is 0 Å². The Balaban J connectivity index is 2.97. The van der Waals surface area contributed by atoms with Gasteiger partial charge < -0.3 is 11.1 Å². The molecule has 0 aromatic heterocycles. The summed E-state index contributed by atoms with van der Waals surface area (Å²) < 4.78 is 23.1. The second-order valence-electron chi connectivity index (χ2n) is 2.88. The van der Waals surface area contributed by atoms with Gasteiger partial charge in [0, 0.05) is 19.3 Å². The summed E-state index contributed by atoms with van der Waals surface area (Å²) in [5.41, 5.74) is 6.10. The minimum Gasteiger partial charge on any atom is -0.388 e. The Kier molecular flexibility index (Phi) is 3.49. The Morgan fingerprint density at radius 1 is 1.29 bits per heavy atom. The largest absolute Gasteiger partial charge is 0.388 e. The monoisotopic (exact) mass is 214 g/mol. The quantitative estimate of drug-likeness (QED) is 0.763. The first-order valence-electron chi connectivity index (χ1n) is 4.31. The highest BCUT2D eigenvalue weighted by Gasteiger charge is 2.12. The molecule has 0 fully saturated rings. The summed E-state index contributed by atoms with van der Waals surface area (Å²) in [6.07, 6.45) is 0. The van der Waals surface area contributed by atoms with E-state index in [0.717, 1.165) is 5.69 Å². The molecule has 3 N–H and O–H groups in total. The van der Waals surface area contributed by atoms with E-state index in [1.165, 1.54) is 0 Å². The molecule has 0 atom stereocenters. The summed E-state index contributed by atoms with van der Waals surface area (Å²) in [6, 6.07) is 6.61. The zero-order chi connectivity index (χ0) is 10.6. The first kappa shape index (κ1) is 11.0. The molecule has 5 heteroatoms. The van der Waals surface area contributed by atoms with Crippen molar-refractivity contribution in [2.24, 2.45) is 5.73 Å². The minimum atomic E-state index is -3.19. The zero-order valence-electron chi connectivity index (χ0n) is 8.03. The van der Waals surface area contributed by atoms with Crippen molar-refractivity contribution in [2.45, 2.75) is 4.90 Å². The number of nitrogens with one attached hydrogen (secondary N) is 1. The van der Waals surface area contributed by atoms with E-state index < -0.39 is 9.84 Å². The predicted octanol–water partition coefficient (Wildman–Crippen LogP) is 0.461. The molecule has 1 aromatic carbocycles. The maximum absolute atomic E-state index is 11.5. The van der Waals surface area contributed by atoms with Gasteiger partial charge in [-0.3, -0.25) is 0 Å². The van der Waals surface area contributed by atoms with E-state index >= 15 is 0 Å². The highest BCUT2D eigenvalue weighted by Crippen LogP contribution is 2.14. The Hall–Kier alpha value is -1.07. The fourth-order valence-electron chi connectivity index (χ4n) is 1.10. The van der Waals surface area contributed by atoms with Crippen molar-refractivity contribution in [1.82, 2.24) is 0 Å². The summed E-state index contributed by atoms with van der Waals surface area (Å²) in [5, 5.41) is 2.92. The molecule has 0 saturated heterocycles. The van der Waals surface area contributed by atoms with Gasteiger partial charge in [0.2, 0.25) is 0 Å². The van der Waals surface area contributed by atoms with Gasteiger partial charge in [-0.05, 0) is 24.3 Å². The van der Waals surface area contributed by atoms with Crippen LogP contribution < -0.4 is 11.1 Å². The van der Waals surface area contributed by atoms with Crippen LogP contribution in [-0.2, 0) is 9.84 Å². The van der Waals surface area contributed by atoms with E-state index in [4.69, 9.17) is 5.73 Å². The van der Waals surface area contributed by atoms with Gasteiger partial charge in [-0.1, -0.05) is 0 Å². The third-order valence-electron chi connectivity index (χ3n) is 1.89. The van der Waals surface area contributed by atoms with Crippen LogP contribution in [0.15, 0.2) is 29.2 Å². The Morgan fingerprint density at radius 3 is 2.29 bits per heavy atom. The molecule has 1 aromatic rings. The van der Waals surface area contributed by atoms with Gasteiger partial charge >= 0.3 is 0 Å². The standard InChI is InChI=1S/C9H14N2O2S/c1-11-8-2-4-9(5-3-8)14(12,13)7-6-10/h2-5,11H,6-7,10H2,1H3. The molecule has 0 radical (unpaired) electrons. The minimum absolute atomic E-state index is 0.00804. The summed E-state index contributed by atoms with van der Waals surface area (Å²) in [6.45, 7) is 0.149. The summed E-state index contributed by atoms with van der Waals surface area (Å²) in [5.74, 6) is -0.00804. The van der Waals surface area contributed by atoms with Crippen molar-refractivity contribution in [2.75, 3.05) is 24.7 Å². The number of nitrogens with two attached hydrogens (primary N) is 1. The maximum Gasteiger partial charge on any atom is 0.179 e. The van der Waals surface area contributed by atoms with Crippen molar-refractivity contribution < 1.29 is 8.42 Å². The average Bonchev–Trinajstić information content (AvgIpc) is 2.18. The second kappa shape index (κ2) is 4.43. The molecular weight excluding hydrogens is 200 g/mol. The Labute approximate surface area is 84.0 Å². The molecule has 0 bridgehead atoms. The predicted molar refractivity (Wildman–Crippen MR) is 57.1 cm³/mol. The fraction of sp³-hybridized carbons (Fsp3) is 0.333. The lowest BCUT2D eigenvalue weighted by atomic mass is 10.3. The number of sulfone groups is 1. The first-order chi connectivity index (χ1) is 6.60. The molecule has 78 valence electrons.